The second-order valence-corrected chi connectivity index (χ2v) is 6.94. The molecule has 29 heavy (non-hydrogen) atoms. The van der Waals surface area contributed by atoms with E-state index in [1.54, 1.807) is 18.6 Å². The first-order valence-electron chi connectivity index (χ1n) is 9.41. The summed E-state index contributed by atoms with van der Waals surface area (Å²) in [5, 5.41) is 0. The average molecular weight is 393 g/mol. The van der Waals surface area contributed by atoms with Gasteiger partial charge in [0.25, 0.3) is 5.56 Å². The van der Waals surface area contributed by atoms with E-state index in [9.17, 15) is 9.59 Å². The maximum absolute atomic E-state index is 13.2. The van der Waals surface area contributed by atoms with Crippen molar-refractivity contribution >= 4 is 23.0 Å². The first-order chi connectivity index (χ1) is 14.0. The first-order valence-corrected chi connectivity index (χ1v) is 9.41. The van der Waals surface area contributed by atoms with Crippen molar-refractivity contribution in [2.75, 3.05) is 13.7 Å². The Bertz CT molecular complexity index is 1320. The van der Waals surface area contributed by atoms with Gasteiger partial charge in [0.1, 0.15) is 0 Å². The van der Waals surface area contributed by atoms with Gasteiger partial charge in [0.05, 0.1) is 6.61 Å². The number of aromatic nitrogens is 5. The van der Waals surface area contributed by atoms with Gasteiger partial charge in [-0.15, -0.1) is 0 Å². The fraction of sp³-hybridized carbons (Fsp3) is 0.286. The van der Waals surface area contributed by atoms with Crippen LogP contribution in [0.5, 0.6) is 0 Å². The Labute approximate surface area is 166 Å². The molecule has 4 rings (SSSR count). The lowest BCUT2D eigenvalue weighted by Crippen LogP contribution is -2.39. The summed E-state index contributed by atoms with van der Waals surface area (Å²) >= 11 is 0. The van der Waals surface area contributed by atoms with Crippen LogP contribution in [0.4, 0.5) is 0 Å². The van der Waals surface area contributed by atoms with Crippen LogP contribution in [0.1, 0.15) is 11.3 Å². The monoisotopic (exact) mass is 393 g/mol. The molecule has 0 aliphatic rings. The number of imidazole rings is 2. The van der Waals surface area contributed by atoms with Crippen molar-refractivity contribution in [2.24, 2.45) is 7.05 Å². The molecule has 0 amide bonds. The molecule has 0 aliphatic heterocycles. The fourth-order valence-corrected chi connectivity index (χ4v) is 3.53. The highest BCUT2D eigenvalue weighted by Gasteiger charge is 2.19. The van der Waals surface area contributed by atoms with E-state index in [-0.39, 0.29) is 17.8 Å². The molecular formula is C21H23N5O3. The van der Waals surface area contributed by atoms with Crippen molar-refractivity contribution in [3.8, 4) is 0 Å². The lowest BCUT2D eigenvalue weighted by Gasteiger charge is -2.06. The molecule has 150 valence electrons. The minimum Gasteiger partial charge on any atom is -0.383 e. The van der Waals surface area contributed by atoms with Gasteiger partial charge in [-0.2, -0.15) is 4.98 Å². The Morgan fingerprint density at radius 1 is 1.14 bits per heavy atom. The van der Waals surface area contributed by atoms with Gasteiger partial charge < -0.3 is 9.30 Å². The van der Waals surface area contributed by atoms with E-state index in [2.05, 4.69) is 4.98 Å². The molecule has 0 bridgehead atoms. The number of allylic oxidation sites excluding steroid dienone is 1. The SMILES string of the molecule is COCCn1c(C)cn2c3c(=O)n(CC=Cc4ccccc4)c(=O)n(C)c3nc12. The van der Waals surface area contributed by atoms with Crippen molar-refractivity contribution in [2.45, 2.75) is 20.0 Å². The van der Waals surface area contributed by atoms with E-state index in [1.165, 1.54) is 9.13 Å². The third-order valence-corrected chi connectivity index (χ3v) is 5.06. The van der Waals surface area contributed by atoms with Gasteiger partial charge in [-0.1, -0.05) is 42.5 Å². The van der Waals surface area contributed by atoms with Gasteiger partial charge in [0, 0.05) is 39.1 Å². The number of ether oxygens (including phenoxy) is 1. The number of rotatable bonds is 6. The minimum absolute atomic E-state index is 0.187. The summed E-state index contributed by atoms with van der Waals surface area (Å²) in [6.45, 7) is 3.29. The van der Waals surface area contributed by atoms with Crippen molar-refractivity contribution in [3.05, 3.63) is 74.7 Å². The van der Waals surface area contributed by atoms with Crippen LogP contribution in [0, 0.1) is 6.92 Å². The van der Waals surface area contributed by atoms with Gasteiger partial charge in [-0.25, -0.2) is 4.79 Å². The molecule has 0 fully saturated rings. The molecule has 8 nitrogen and oxygen atoms in total. The topological polar surface area (TPSA) is 75.5 Å². The van der Waals surface area contributed by atoms with E-state index in [0.29, 0.717) is 30.1 Å². The molecule has 0 spiro atoms. The van der Waals surface area contributed by atoms with Crippen LogP contribution in [0.3, 0.4) is 0 Å². The van der Waals surface area contributed by atoms with E-state index in [4.69, 9.17) is 4.74 Å². The summed E-state index contributed by atoms with van der Waals surface area (Å²) in [7, 11) is 3.28. The summed E-state index contributed by atoms with van der Waals surface area (Å²) in [6, 6.07) is 9.75. The molecule has 3 aromatic heterocycles. The molecule has 0 N–H and O–H groups in total. The van der Waals surface area contributed by atoms with Crippen LogP contribution in [0.25, 0.3) is 23.0 Å². The van der Waals surface area contributed by atoms with Gasteiger partial charge in [0.2, 0.25) is 5.78 Å². The third kappa shape index (κ3) is 3.21. The zero-order valence-electron chi connectivity index (χ0n) is 16.7. The molecule has 0 unspecified atom stereocenters. The largest absolute Gasteiger partial charge is 0.383 e. The van der Waals surface area contributed by atoms with Gasteiger partial charge in [-0.05, 0) is 12.5 Å². The number of hydrogen-bond acceptors (Lipinski definition) is 4. The Kier molecular flexibility index (Phi) is 4.94. The zero-order chi connectivity index (χ0) is 20.5. The maximum atomic E-state index is 13.2. The van der Waals surface area contributed by atoms with Crippen LogP contribution >= 0.6 is 0 Å². The Morgan fingerprint density at radius 2 is 1.90 bits per heavy atom. The first kappa shape index (κ1) is 18.9. The number of nitrogens with zero attached hydrogens (tertiary/aromatic N) is 5. The molecule has 0 aliphatic carbocycles. The Morgan fingerprint density at radius 3 is 2.62 bits per heavy atom. The van der Waals surface area contributed by atoms with Gasteiger partial charge in [-0.3, -0.25) is 18.3 Å². The summed E-state index contributed by atoms with van der Waals surface area (Å²) in [5.41, 5.74) is 2.02. The predicted molar refractivity (Wildman–Crippen MR) is 112 cm³/mol. The third-order valence-electron chi connectivity index (χ3n) is 5.06. The highest BCUT2D eigenvalue weighted by molar-refractivity contribution is 5.75. The van der Waals surface area contributed by atoms with Crippen LogP contribution in [0.15, 0.2) is 52.2 Å². The smallest absolute Gasteiger partial charge is 0.332 e. The summed E-state index contributed by atoms with van der Waals surface area (Å²) in [6.07, 6.45) is 5.58. The lowest BCUT2D eigenvalue weighted by atomic mass is 10.2. The molecule has 0 atom stereocenters. The van der Waals surface area contributed by atoms with Crippen molar-refractivity contribution in [1.29, 1.82) is 0 Å². The van der Waals surface area contributed by atoms with Crippen LogP contribution in [-0.2, 0) is 24.9 Å². The number of benzene rings is 1. The van der Waals surface area contributed by atoms with Crippen molar-refractivity contribution in [1.82, 2.24) is 23.1 Å². The molecule has 0 saturated carbocycles. The molecule has 0 saturated heterocycles. The second kappa shape index (κ2) is 7.56. The zero-order valence-corrected chi connectivity index (χ0v) is 16.7. The number of fused-ring (bicyclic) bond motifs is 3. The van der Waals surface area contributed by atoms with Crippen LogP contribution < -0.4 is 11.2 Å². The number of methoxy groups -OCH3 is 1. The molecule has 8 heteroatoms. The molecule has 4 aromatic rings. The minimum atomic E-state index is -0.388. The number of aryl methyl sites for hydroxylation is 2. The van der Waals surface area contributed by atoms with Crippen molar-refractivity contribution < 1.29 is 4.74 Å². The lowest BCUT2D eigenvalue weighted by molar-refractivity contribution is 0.187. The van der Waals surface area contributed by atoms with Gasteiger partial charge in [0.15, 0.2) is 11.2 Å². The second-order valence-electron chi connectivity index (χ2n) is 6.94. The predicted octanol–water partition coefficient (Wildman–Crippen LogP) is 1.82. The van der Waals surface area contributed by atoms with Gasteiger partial charge >= 0.3 is 5.69 Å². The number of hydrogen-bond donors (Lipinski definition) is 0. The van der Waals surface area contributed by atoms with E-state index in [1.807, 2.05) is 60.2 Å². The molecule has 3 heterocycles. The summed E-state index contributed by atoms with van der Waals surface area (Å²) in [5.74, 6) is 0.624. The summed E-state index contributed by atoms with van der Waals surface area (Å²) < 4.78 is 11.6. The Balaban J connectivity index is 1.84. The molecule has 1 aromatic carbocycles. The Hall–Kier alpha value is -3.39. The van der Waals surface area contributed by atoms with Crippen LogP contribution in [-0.4, -0.2) is 36.8 Å². The fourth-order valence-electron chi connectivity index (χ4n) is 3.53. The summed E-state index contributed by atoms with van der Waals surface area (Å²) in [4.78, 5) is 30.5. The van der Waals surface area contributed by atoms with Crippen molar-refractivity contribution in [3.63, 3.8) is 0 Å². The maximum Gasteiger partial charge on any atom is 0.332 e. The normalized spacial score (nSPS) is 12.0. The van der Waals surface area contributed by atoms with E-state index < -0.39 is 0 Å². The average Bonchev–Trinajstić information content (AvgIpc) is 3.23. The highest BCUT2D eigenvalue weighted by atomic mass is 16.5. The quantitative estimate of drug-likeness (QED) is 0.501. The molecular weight excluding hydrogens is 370 g/mol. The highest BCUT2D eigenvalue weighted by Crippen LogP contribution is 2.16. The van der Waals surface area contributed by atoms with E-state index in [0.717, 1.165) is 11.3 Å². The molecule has 0 radical (unpaired) electrons. The standard InChI is InChI=1S/C21H23N5O3/c1-15-14-26-17-18(22-20(26)24(15)12-13-29-3)23(2)21(28)25(19(17)27)11-7-10-16-8-5-4-6-9-16/h4-10,14H,11-13H2,1-3H3. The van der Waals surface area contributed by atoms with Crippen LogP contribution in [0.2, 0.25) is 0 Å². The van der Waals surface area contributed by atoms with E-state index >= 15 is 0 Å².